The van der Waals surface area contributed by atoms with E-state index in [1.807, 2.05) is 0 Å². The summed E-state index contributed by atoms with van der Waals surface area (Å²) >= 11 is 5.54. The Balaban J connectivity index is 2.20. The number of carbonyl (C=O) groups excluding carboxylic acids is 2. The van der Waals surface area contributed by atoms with Crippen LogP contribution in [0, 0.1) is 10.1 Å². The molecule has 2 aromatic rings. The maximum atomic E-state index is 12.9. The van der Waals surface area contributed by atoms with Gasteiger partial charge in [0.25, 0.3) is 5.69 Å². The SMILES string of the molecule is CC(=O)c1ccc(N(C)CC(=O)Nc2ccc(Cl)c(C(F)(F)F)c2)c([N+](=O)[O-])c1. The molecule has 0 radical (unpaired) electrons. The smallest absolute Gasteiger partial charge is 0.360 e. The summed E-state index contributed by atoms with van der Waals surface area (Å²) in [7, 11) is 1.40. The molecule has 1 amide bonds. The van der Waals surface area contributed by atoms with Crippen molar-refractivity contribution in [2.75, 3.05) is 23.8 Å². The van der Waals surface area contributed by atoms with Gasteiger partial charge in [0.1, 0.15) is 5.69 Å². The molecule has 2 aromatic carbocycles. The highest BCUT2D eigenvalue weighted by Crippen LogP contribution is 2.36. The molecule has 0 bridgehead atoms. The zero-order chi connectivity index (χ0) is 21.9. The average Bonchev–Trinajstić information content (AvgIpc) is 2.61. The number of hydrogen-bond donors (Lipinski definition) is 1. The number of carbonyl (C=O) groups is 2. The molecule has 0 atom stereocenters. The monoisotopic (exact) mass is 429 g/mol. The van der Waals surface area contributed by atoms with Crippen LogP contribution in [0.25, 0.3) is 0 Å². The molecular formula is C18H15ClF3N3O4. The molecule has 0 saturated carbocycles. The molecule has 1 N–H and O–H groups in total. The first kappa shape index (κ1) is 22.2. The van der Waals surface area contributed by atoms with E-state index in [4.69, 9.17) is 11.6 Å². The van der Waals surface area contributed by atoms with Crippen molar-refractivity contribution in [2.24, 2.45) is 0 Å². The number of rotatable bonds is 6. The van der Waals surface area contributed by atoms with E-state index in [1.54, 1.807) is 0 Å². The third-order valence-corrected chi connectivity index (χ3v) is 4.26. The van der Waals surface area contributed by atoms with Gasteiger partial charge in [0, 0.05) is 24.4 Å². The second-order valence-corrected chi connectivity index (χ2v) is 6.52. The molecule has 0 aromatic heterocycles. The zero-order valence-electron chi connectivity index (χ0n) is 15.2. The van der Waals surface area contributed by atoms with Crippen LogP contribution in [-0.4, -0.2) is 30.2 Å². The Labute approximate surface area is 168 Å². The zero-order valence-corrected chi connectivity index (χ0v) is 16.0. The number of nitrogens with zero attached hydrogens (tertiary/aromatic N) is 2. The second kappa shape index (κ2) is 8.48. The quantitative estimate of drug-likeness (QED) is 0.413. The Bertz CT molecular complexity index is 979. The second-order valence-electron chi connectivity index (χ2n) is 6.11. The Kier molecular flexibility index (Phi) is 6.48. The van der Waals surface area contributed by atoms with Crippen LogP contribution in [-0.2, 0) is 11.0 Å². The first-order valence-corrected chi connectivity index (χ1v) is 8.45. The van der Waals surface area contributed by atoms with Gasteiger partial charge in [-0.15, -0.1) is 0 Å². The molecule has 0 aliphatic heterocycles. The van der Waals surface area contributed by atoms with Crippen LogP contribution >= 0.6 is 11.6 Å². The van der Waals surface area contributed by atoms with Crippen LogP contribution in [0.15, 0.2) is 36.4 Å². The molecule has 0 aliphatic carbocycles. The summed E-state index contributed by atoms with van der Waals surface area (Å²) < 4.78 is 38.7. The fraction of sp³-hybridized carbons (Fsp3) is 0.222. The van der Waals surface area contributed by atoms with Crippen molar-refractivity contribution >= 4 is 40.4 Å². The van der Waals surface area contributed by atoms with E-state index in [0.29, 0.717) is 6.07 Å². The number of halogens is 4. The molecular weight excluding hydrogens is 415 g/mol. The molecule has 7 nitrogen and oxygen atoms in total. The van der Waals surface area contributed by atoms with Gasteiger partial charge in [-0.3, -0.25) is 19.7 Å². The number of nitro benzene ring substituents is 1. The minimum Gasteiger partial charge on any atom is -0.360 e. The van der Waals surface area contributed by atoms with Crippen molar-refractivity contribution in [3.05, 3.63) is 62.7 Å². The summed E-state index contributed by atoms with van der Waals surface area (Å²) in [4.78, 5) is 35.5. The highest BCUT2D eigenvalue weighted by Gasteiger charge is 2.33. The first-order valence-electron chi connectivity index (χ1n) is 8.07. The molecule has 0 fully saturated rings. The maximum Gasteiger partial charge on any atom is 0.417 e. The third-order valence-electron chi connectivity index (χ3n) is 3.93. The molecule has 11 heteroatoms. The van der Waals surface area contributed by atoms with Crippen LogP contribution < -0.4 is 10.2 Å². The van der Waals surface area contributed by atoms with Gasteiger partial charge in [-0.2, -0.15) is 13.2 Å². The van der Waals surface area contributed by atoms with E-state index in [0.717, 1.165) is 12.1 Å². The molecule has 0 unspecified atom stereocenters. The average molecular weight is 430 g/mol. The van der Waals surface area contributed by atoms with Gasteiger partial charge < -0.3 is 10.2 Å². The Morgan fingerprint density at radius 2 is 1.86 bits per heavy atom. The number of Topliss-reactive ketones (excluding diaryl/α,β-unsaturated/α-hetero) is 1. The summed E-state index contributed by atoms with van der Waals surface area (Å²) in [5, 5.41) is 13.1. The van der Waals surface area contributed by atoms with Gasteiger partial charge in [-0.1, -0.05) is 11.6 Å². The third kappa shape index (κ3) is 5.44. The number of nitro groups is 1. The van der Waals surface area contributed by atoms with E-state index in [9.17, 15) is 32.9 Å². The Morgan fingerprint density at radius 1 is 1.21 bits per heavy atom. The summed E-state index contributed by atoms with van der Waals surface area (Å²) in [6.45, 7) is 0.876. The fourth-order valence-electron chi connectivity index (χ4n) is 2.53. The number of alkyl halides is 3. The van der Waals surface area contributed by atoms with Crippen LogP contribution in [0.2, 0.25) is 5.02 Å². The first-order chi connectivity index (χ1) is 13.4. The number of hydrogen-bond acceptors (Lipinski definition) is 5. The fourth-order valence-corrected chi connectivity index (χ4v) is 2.76. The van der Waals surface area contributed by atoms with Crippen molar-refractivity contribution in [1.82, 2.24) is 0 Å². The van der Waals surface area contributed by atoms with Gasteiger partial charge in [0.05, 0.1) is 22.1 Å². The lowest BCUT2D eigenvalue weighted by molar-refractivity contribution is -0.384. The molecule has 0 spiro atoms. The topological polar surface area (TPSA) is 92.6 Å². The minimum absolute atomic E-state index is 0.0715. The van der Waals surface area contributed by atoms with Crippen molar-refractivity contribution in [1.29, 1.82) is 0 Å². The summed E-state index contributed by atoms with van der Waals surface area (Å²) in [5.74, 6) is -1.06. The van der Waals surface area contributed by atoms with Crippen LogP contribution in [0.1, 0.15) is 22.8 Å². The Hall–Kier alpha value is -3.14. The number of ketones is 1. The van der Waals surface area contributed by atoms with Crippen molar-refractivity contribution in [3.63, 3.8) is 0 Å². The van der Waals surface area contributed by atoms with E-state index >= 15 is 0 Å². The molecule has 154 valence electrons. The number of benzene rings is 2. The molecule has 0 saturated heterocycles. The number of likely N-dealkylation sites (N-methyl/N-ethyl adjacent to an activating group) is 1. The number of amides is 1. The van der Waals surface area contributed by atoms with Gasteiger partial charge in [-0.25, -0.2) is 0 Å². The lowest BCUT2D eigenvalue weighted by Crippen LogP contribution is -2.30. The summed E-state index contributed by atoms with van der Waals surface area (Å²) in [5.41, 5.74) is -1.39. The van der Waals surface area contributed by atoms with Crippen molar-refractivity contribution in [2.45, 2.75) is 13.1 Å². The summed E-state index contributed by atoms with van der Waals surface area (Å²) in [6, 6.07) is 6.72. The van der Waals surface area contributed by atoms with Gasteiger partial charge in [0.15, 0.2) is 5.78 Å². The number of anilines is 2. The van der Waals surface area contributed by atoms with E-state index < -0.39 is 27.6 Å². The standard InChI is InChI=1S/C18H15ClF3N3O4/c1-10(26)11-3-6-15(16(7-11)25(28)29)24(2)9-17(27)23-12-4-5-14(19)13(8-12)18(20,21)22/h3-8H,9H2,1-2H3,(H,23,27). The van der Waals surface area contributed by atoms with Gasteiger partial charge in [-0.05, 0) is 37.3 Å². The summed E-state index contributed by atoms with van der Waals surface area (Å²) in [6.07, 6.45) is -4.69. The normalized spacial score (nSPS) is 11.1. The molecule has 0 aliphatic rings. The highest BCUT2D eigenvalue weighted by molar-refractivity contribution is 6.31. The Morgan fingerprint density at radius 3 is 2.41 bits per heavy atom. The molecule has 0 heterocycles. The minimum atomic E-state index is -4.69. The lowest BCUT2D eigenvalue weighted by atomic mass is 10.1. The van der Waals surface area contributed by atoms with Crippen molar-refractivity contribution in [3.8, 4) is 0 Å². The molecule has 29 heavy (non-hydrogen) atoms. The predicted molar refractivity (Wildman–Crippen MR) is 101 cm³/mol. The molecule has 2 rings (SSSR count). The van der Waals surface area contributed by atoms with Crippen LogP contribution in [0.3, 0.4) is 0 Å². The largest absolute Gasteiger partial charge is 0.417 e. The maximum absolute atomic E-state index is 12.9. The number of nitrogens with one attached hydrogen (secondary N) is 1. The van der Waals surface area contributed by atoms with E-state index in [-0.39, 0.29) is 35.0 Å². The lowest BCUT2D eigenvalue weighted by Gasteiger charge is -2.19. The van der Waals surface area contributed by atoms with Gasteiger partial charge >= 0.3 is 6.18 Å². The van der Waals surface area contributed by atoms with Crippen LogP contribution in [0.5, 0.6) is 0 Å². The highest BCUT2D eigenvalue weighted by atomic mass is 35.5. The van der Waals surface area contributed by atoms with Crippen LogP contribution in [0.4, 0.5) is 30.2 Å². The van der Waals surface area contributed by atoms with E-state index in [1.165, 1.54) is 37.1 Å². The predicted octanol–water partition coefficient (Wildman–Crippen LogP) is 4.54. The van der Waals surface area contributed by atoms with Crippen molar-refractivity contribution < 1.29 is 27.7 Å². The van der Waals surface area contributed by atoms with Gasteiger partial charge in [0.2, 0.25) is 5.91 Å². The van der Waals surface area contributed by atoms with E-state index in [2.05, 4.69) is 5.32 Å².